The summed E-state index contributed by atoms with van der Waals surface area (Å²) in [5, 5.41) is 10.1. The van der Waals surface area contributed by atoms with Crippen LogP contribution in [0.3, 0.4) is 0 Å². The third kappa shape index (κ3) is 2.85. The molecule has 0 radical (unpaired) electrons. The summed E-state index contributed by atoms with van der Waals surface area (Å²) in [6, 6.07) is 4.56. The molecule has 1 amide bonds. The van der Waals surface area contributed by atoms with Gasteiger partial charge in [-0.25, -0.2) is 4.79 Å². The number of halogens is 2. The summed E-state index contributed by atoms with van der Waals surface area (Å²) in [6.45, 7) is 4.81. The van der Waals surface area contributed by atoms with Gasteiger partial charge in [-0.05, 0) is 31.5 Å². The lowest BCUT2D eigenvalue weighted by atomic mass is 9.90. The summed E-state index contributed by atoms with van der Waals surface area (Å²) < 4.78 is 0. The number of likely N-dealkylation sites (N-methyl/N-ethyl adjacent to an activating group) is 1. The van der Waals surface area contributed by atoms with Crippen LogP contribution in [-0.4, -0.2) is 28.4 Å². The molecule has 0 aliphatic heterocycles. The van der Waals surface area contributed by atoms with Crippen LogP contribution in [0.1, 0.15) is 26.3 Å². The monoisotopic (exact) mass is 303 g/mol. The maximum atomic E-state index is 11.7. The van der Waals surface area contributed by atoms with Gasteiger partial charge in [0.15, 0.2) is 5.54 Å². The number of amides is 1. The van der Waals surface area contributed by atoms with Crippen molar-refractivity contribution >= 4 is 35.1 Å². The van der Waals surface area contributed by atoms with Gasteiger partial charge < -0.3 is 10.0 Å². The number of carbonyl (C=O) groups excluding carboxylic acids is 1. The summed E-state index contributed by atoms with van der Waals surface area (Å²) in [7, 11) is 0. The number of benzene rings is 1. The van der Waals surface area contributed by atoms with Crippen LogP contribution in [0.25, 0.3) is 0 Å². The number of hydrogen-bond donors (Lipinski definition) is 1. The van der Waals surface area contributed by atoms with Gasteiger partial charge in [0.2, 0.25) is 5.91 Å². The van der Waals surface area contributed by atoms with Crippen molar-refractivity contribution in [2.24, 2.45) is 0 Å². The van der Waals surface area contributed by atoms with Gasteiger partial charge in [0, 0.05) is 13.5 Å². The number of nitrogens with zero attached hydrogens (tertiary/aromatic N) is 1. The molecule has 1 unspecified atom stereocenters. The number of rotatable bonds is 4. The lowest BCUT2D eigenvalue weighted by Crippen LogP contribution is -2.51. The van der Waals surface area contributed by atoms with E-state index in [0.717, 1.165) is 0 Å². The van der Waals surface area contributed by atoms with Gasteiger partial charge in [-0.2, -0.15) is 0 Å². The summed E-state index contributed by atoms with van der Waals surface area (Å²) >= 11 is 11.8. The number of carbonyl (C=O) groups is 2. The third-order valence-electron chi connectivity index (χ3n) is 3.13. The molecule has 0 saturated heterocycles. The van der Waals surface area contributed by atoms with Crippen molar-refractivity contribution in [3.63, 3.8) is 0 Å². The Morgan fingerprint density at radius 1 is 1.32 bits per heavy atom. The molecule has 0 spiro atoms. The van der Waals surface area contributed by atoms with Crippen LogP contribution >= 0.6 is 23.2 Å². The van der Waals surface area contributed by atoms with E-state index in [1.165, 1.54) is 30.9 Å². The molecule has 0 bridgehead atoms. The molecule has 1 aromatic carbocycles. The minimum atomic E-state index is -1.48. The minimum Gasteiger partial charge on any atom is -0.479 e. The SMILES string of the molecule is CCN(C(C)=O)C(C)(C(=O)O)c1ccc(Cl)c(Cl)c1. The Labute approximate surface area is 121 Å². The quantitative estimate of drug-likeness (QED) is 0.929. The van der Waals surface area contributed by atoms with E-state index in [-0.39, 0.29) is 17.5 Å². The molecule has 6 heteroatoms. The topological polar surface area (TPSA) is 57.6 Å². The van der Waals surface area contributed by atoms with Crippen LogP contribution in [0, 0.1) is 0 Å². The molecule has 0 aromatic heterocycles. The Morgan fingerprint density at radius 3 is 2.26 bits per heavy atom. The highest BCUT2D eigenvalue weighted by atomic mass is 35.5. The number of aliphatic carboxylic acids is 1. The standard InChI is InChI=1S/C13H15Cl2NO3/c1-4-16(8(2)17)13(3,12(18)19)9-5-6-10(14)11(15)7-9/h5-7H,4H2,1-3H3,(H,18,19). The van der Waals surface area contributed by atoms with Crippen molar-refractivity contribution in [3.8, 4) is 0 Å². The van der Waals surface area contributed by atoms with E-state index in [4.69, 9.17) is 23.2 Å². The molecule has 4 nitrogen and oxygen atoms in total. The fraction of sp³-hybridized carbons (Fsp3) is 0.385. The molecule has 0 fully saturated rings. The van der Waals surface area contributed by atoms with Crippen molar-refractivity contribution in [2.75, 3.05) is 6.54 Å². The van der Waals surface area contributed by atoms with Crippen molar-refractivity contribution in [1.29, 1.82) is 0 Å². The van der Waals surface area contributed by atoms with Crippen molar-refractivity contribution < 1.29 is 14.7 Å². The Morgan fingerprint density at radius 2 is 1.89 bits per heavy atom. The van der Waals surface area contributed by atoms with Gasteiger partial charge in [0.1, 0.15) is 0 Å². The predicted octanol–water partition coefficient (Wildman–Crippen LogP) is 3.16. The van der Waals surface area contributed by atoms with Crippen LogP contribution in [0.4, 0.5) is 0 Å². The molecule has 1 N–H and O–H groups in total. The molecule has 1 aromatic rings. The van der Waals surface area contributed by atoms with Crippen LogP contribution < -0.4 is 0 Å². The van der Waals surface area contributed by atoms with Gasteiger partial charge in [-0.1, -0.05) is 29.3 Å². The van der Waals surface area contributed by atoms with Gasteiger partial charge in [0.25, 0.3) is 0 Å². The molecular formula is C13H15Cl2NO3. The summed E-state index contributed by atoms with van der Waals surface area (Å²) in [5.41, 5.74) is -1.07. The third-order valence-corrected chi connectivity index (χ3v) is 3.87. The minimum absolute atomic E-state index is 0.256. The molecule has 104 valence electrons. The first-order valence-electron chi connectivity index (χ1n) is 5.72. The van der Waals surface area contributed by atoms with E-state index in [9.17, 15) is 14.7 Å². The second kappa shape index (κ2) is 5.80. The molecule has 0 heterocycles. The fourth-order valence-corrected chi connectivity index (χ4v) is 2.35. The smallest absolute Gasteiger partial charge is 0.334 e. The maximum absolute atomic E-state index is 11.7. The number of carboxylic acids is 1. The van der Waals surface area contributed by atoms with Crippen LogP contribution in [0.5, 0.6) is 0 Å². The van der Waals surface area contributed by atoms with Crippen molar-refractivity contribution in [2.45, 2.75) is 26.3 Å². The maximum Gasteiger partial charge on any atom is 0.334 e. The van der Waals surface area contributed by atoms with Crippen molar-refractivity contribution in [1.82, 2.24) is 4.90 Å². The summed E-state index contributed by atoms with van der Waals surface area (Å²) in [6.07, 6.45) is 0. The van der Waals surface area contributed by atoms with Crippen molar-refractivity contribution in [3.05, 3.63) is 33.8 Å². The van der Waals surface area contributed by atoms with Gasteiger partial charge in [-0.15, -0.1) is 0 Å². The second-order valence-corrected chi connectivity index (χ2v) is 5.08. The first-order valence-corrected chi connectivity index (χ1v) is 6.47. The highest BCUT2D eigenvalue weighted by molar-refractivity contribution is 6.42. The Kier molecular flexibility index (Phi) is 4.82. The van der Waals surface area contributed by atoms with Gasteiger partial charge >= 0.3 is 5.97 Å². The molecule has 0 aliphatic carbocycles. The van der Waals surface area contributed by atoms with Crippen LogP contribution in [0.2, 0.25) is 10.0 Å². The molecule has 1 rings (SSSR count). The van der Waals surface area contributed by atoms with Gasteiger partial charge in [0.05, 0.1) is 10.0 Å². The predicted molar refractivity (Wildman–Crippen MR) is 74.5 cm³/mol. The molecule has 0 saturated carbocycles. The van der Waals surface area contributed by atoms with E-state index in [2.05, 4.69) is 0 Å². The van der Waals surface area contributed by atoms with E-state index < -0.39 is 11.5 Å². The number of hydrogen-bond acceptors (Lipinski definition) is 2. The molecule has 0 aliphatic rings. The largest absolute Gasteiger partial charge is 0.479 e. The van der Waals surface area contributed by atoms with Gasteiger partial charge in [-0.3, -0.25) is 4.79 Å². The lowest BCUT2D eigenvalue weighted by molar-refractivity contribution is -0.158. The van der Waals surface area contributed by atoms with E-state index in [1.807, 2.05) is 0 Å². The fourth-order valence-electron chi connectivity index (χ4n) is 2.05. The normalized spacial score (nSPS) is 13.7. The molecule has 19 heavy (non-hydrogen) atoms. The first kappa shape index (κ1) is 15.8. The second-order valence-electron chi connectivity index (χ2n) is 4.27. The first-order chi connectivity index (χ1) is 8.75. The highest BCUT2D eigenvalue weighted by Crippen LogP contribution is 2.33. The molecular weight excluding hydrogens is 289 g/mol. The summed E-state index contributed by atoms with van der Waals surface area (Å²) in [5.74, 6) is -1.44. The Balaban J connectivity index is 3.45. The zero-order valence-corrected chi connectivity index (χ0v) is 12.4. The average molecular weight is 304 g/mol. The van der Waals surface area contributed by atoms with Crippen LogP contribution in [-0.2, 0) is 15.1 Å². The highest BCUT2D eigenvalue weighted by Gasteiger charge is 2.42. The Hall–Kier alpha value is -1.26. The lowest BCUT2D eigenvalue weighted by Gasteiger charge is -2.37. The van der Waals surface area contributed by atoms with E-state index in [1.54, 1.807) is 13.0 Å². The van der Waals surface area contributed by atoms with E-state index in [0.29, 0.717) is 10.6 Å². The van der Waals surface area contributed by atoms with E-state index >= 15 is 0 Å². The average Bonchev–Trinajstić information content (AvgIpc) is 2.32. The van der Waals surface area contributed by atoms with Crippen LogP contribution in [0.15, 0.2) is 18.2 Å². The summed E-state index contributed by atoms with van der Waals surface area (Å²) in [4.78, 5) is 24.6. The Bertz CT molecular complexity index is 519. The number of carboxylic acid groups (broad SMARTS) is 1. The molecule has 1 atom stereocenters. The zero-order chi connectivity index (χ0) is 14.8. The zero-order valence-electron chi connectivity index (χ0n) is 10.9.